The monoisotopic (exact) mass is 326 g/mol. The van der Waals surface area contributed by atoms with Crippen molar-refractivity contribution in [2.75, 3.05) is 66.5 Å². The van der Waals surface area contributed by atoms with Crippen molar-refractivity contribution < 1.29 is 4.39 Å². The Morgan fingerprint density at radius 3 is 2.17 bits per heavy atom. The van der Waals surface area contributed by atoms with Crippen LogP contribution in [0.1, 0.15) is 32.6 Å². The van der Waals surface area contributed by atoms with Crippen LogP contribution in [0.2, 0.25) is 0 Å². The molecule has 0 radical (unpaired) electrons. The molecule has 3 rings (SSSR count). The van der Waals surface area contributed by atoms with Crippen molar-refractivity contribution in [2.45, 2.75) is 50.4 Å². The molecule has 3 aliphatic heterocycles. The van der Waals surface area contributed by atoms with E-state index >= 15 is 0 Å². The first kappa shape index (κ1) is 17.6. The standard InChI is InChI=1S/C18H35FN4/c1-16(14-17-4-7-21(17)3)23-12-10-22(11-13-23)15-18(19)5-8-20(2)9-6-18/h16-17H,4-15H2,1-3H3/t16-,17?/m1/s1. The van der Waals surface area contributed by atoms with Crippen molar-refractivity contribution in [3.05, 3.63) is 0 Å². The molecule has 2 atom stereocenters. The van der Waals surface area contributed by atoms with E-state index in [-0.39, 0.29) is 0 Å². The molecule has 134 valence electrons. The molecular weight excluding hydrogens is 291 g/mol. The van der Waals surface area contributed by atoms with Crippen molar-refractivity contribution >= 4 is 0 Å². The van der Waals surface area contributed by atoms with Gasteiger partial charge in [0.05, 0.1) is 0 Å². The topological polar surface area (TPSA) is 13.0 Å². The lowest BCUT2D eigenvalue weighted by molar-refractivity contribution is 0.00468. The van der Waals surface area contributed by atoms with Gasteiger partial charge >= 0.3 is 0 Å². The zero-order valence-electron chi connectivity index (χ0n) is 15.3. The number of piperazine rings is 1. The van der Waals surface area contributed by atoms with Gasteiger partial charge in [0.25, 0.3) is 0 Å². The van der Waals surface area contributed by atoms with Gasteiger partial charge in [0.15, 0.2) is 0 Å². The second-order valence-corrected chi connectivity index (χ2v) is 8.27. The largest absolute Gasteiger partial charge is 0.306 e. The van der Waals surface area contributed by atoms with Crippen molar-refractivity contribution in [2.24, 2.45) is 0 Å². The molecule has 0 aromatic rings. The zero-order valence-corrected chi connectivity index (χ0v) is 15.3. The van der Waals surface area contributed by atoms with Crippen LogP contribution < -0.4 is 0 Å². The number of hydrogen-bond donors (Lipinski definition) is 0. The van der Waals surface area contributed by atoms with E-state index in [1.807, 2.05) is 0 Å². The third-order valence-electron chi connectivity index (χ3n) is 6.47. The van der Waals surface area contributed by atoms with Crippen LogP contribution in [0.25, 0.3) is 0 Å². The summed E-state index contributed by atoms with van der Waals surface area (Å²) in [6.07, 6.45) is 4.05. The number of rotatable bonds is 5. The molecule has 0 aromatic heterocycles. The van der Waals surface area contributed by atoms with Gasteiger partial charge in [0, 0.05) is 57.9 Å². The minimum Gasteiger partial charge on any atom is -0.306 e. The van der Waals surface area contributed by atoms with Gasteiger partial charge in [-0.1, -0.05) is 0 Å². The first-order valence-electron chi connectivity index (χ1n) is 9.49. The molecule has 0 spiro atoms. The zero-order chi connectivity index (χ0) is 16.4. The third kappa shape index (κ3) is 4.44. The van der Waals surface area contributed by atoms with Crippen LogP contribution in [-0.4, -0.2) is 104 Å². The first-order valence-corrected chi connectivity index (χ1v) is 9.49. The summed E-state index contributed by atoms with van der Waals surface area (Å²) in [6.45, 7) is 10.4. The maximum absolute atomic E-state index is 15.0. The Morgan fingerprint density at radius 2 is 1.65 bits per heavy atom. The number of piperidine rings is 1. The Balaban J connectivity index is 1.39. The summed E-state index contributed by atoms with van der Waals surface area (Å²) in [5, 5.41) is 0. The van der Waals surface area contributed by atoms with Gasteiger partial charge in [-0.15, -0.1) is 0 Å². The molecule has 0 saturated carbocycles. The van der Waals surface area contributed by atoms with Crippen LogP contribution in [0.4, 0.5) is 4.39 Å². The van der Waals surface area contributed by atoms with Gasteiger partial charge in [-0.3, -0.25) is 9.80 Å². The molecule has 0 aliphatic carbocycles. The summed E-state index contributed by atoms with van der Waals surface area (Å²) in [4.78, 5) is 9.70. The Bertz CT molecular complexity index is 375. The SMILES string of the molecule is C[C@H](CC1CCN1C)N1CCN(CC2(F)CCN(C)CC2)CC1. The minimum absolute atomic E-state index is 0.647. The van der Waals surface area contributed by atoms with Crippen molar-refractivity contribution in [3.63, 3.8) is 0 Å². The van der Waals surface area contributed by atoms with Crippen molar-refractivity contribution in [1.29, 1.82) is 0 Å². The Morgan fingerprint density at radius 1 is 1.00 bits per heavy atom. The summed E-state index contributed by atoms with van der Waals surface area (Å²) in [6, 6.07) is 1.45. The van der Waals surface area contributed by atoms with Gasteiger partial charge in [-0.25, -0.2) is 4.39 Å². The van der Waals surface area contributed by atoms with Crippen LogP contribution in [0.3, 0.4) is 0 Å². The lowest BCUT2D eigenvalue weighted by Gasteiger charge is -2.45. The fraction of sp³-hybridized carbons (Fsp3) is 1.00. The molecule has 3 aliphatic rings. The highest BCUT2D eigenvalue weighted by molar-refractivity contribution is 4.91. The molecule has 0 N–H and O–H groups in total. The molecule has 3 saturated heterocycles. The first-order chi connectivity index (χ1) is 11.0. The normalized spacial score (nSPS) is 32.6. The highest BCUT2D eigenvalue weighted by Crippen LogP contribution is 2.28. The van der Waals surface area contributed by atoms with E-state index in [0.29, 0.717) is 25.4 Å². The van der Waals surface area contributed by atoms with Crippen molar-refractivity contribution in [3.8, 4) is 0 Å². The smallest absolute Gasteiger partial charge is 0.126 e. The maximum atomic E-state index is 15.0. The maximum Gasteiger partial charge on any atom is 0.126 e. The predicted octanol–water partition coefficient (Wildman–Crippen LogP) is 1.52. The van der Waals surface area contributed by atoms with E-state index in [4.69, 9.17) is 0 Å². The molecule has 0 bridgehead atoms. The molecule has 0 aromatic carbocycles. The average Bonchev–Trinajstić information content (AvgIpc) is 2.54. The van der Waals surface area contributed by atoms with Crippen molar-refractivity contribution in [1.82, 2.24) is 19.6 Å². The Kier molecular flexibility index (Phi) is 5.61. The van der Waals surface area contributed by atoms with E-state index < -0.39 is 5.67 Å². The van der Waals surface area contributed by atoms with Crippen LogP contribution in [0.5, 0.6) is 0 Å². The number of nitrogens with zero attached hydrogens (tertiary/aromatic N) is 4. The number of halogens is 1. The average molecular weight is 327 g/mol. The molecule has 3 fully saturated rings. The van der Waals surface area contributed by atoms with Crippen LogP contribution in [0.15, 0.2) is 0 Å². The number of likely N-dealkylation sites (tertiary alicyclic amines) is 2. The van der Waals surface area contributed by atoms with Gasteiger partial charge in [-0.2, -0.15) is 0 Å². The highest BCUT2D eigenvalue weighted by atomic mass is 19.1. The molecule has 4 nitrogen and oxygen atoms in total. The van der Waals surface area contributed by atoms with E-state index in [1.165, 1.54) is 19.4 Å². The third-order valence-corrected chi connectivity index (χ3v) is 6.47. The molecule has 23 heavy (non-hydrogen) atoms. The molecular formula is C18H35FN4. The van der Waals surface area contributed by atoms with Crippen LogP contribution in [0, 0.1) is 0 Å². The fourth-order valence-corrected chi connectivity index (χ4v) is 4.35. The number of alkyl halides is 1. The lowest BCUT2D eigenvalue weighted by Crippen LogP contribution is -2.56. The highest BCUT2D eigenvalue weighted by Gasteiger charge is 2.36. The van der Waals surface area contributed by atoms with E-state index in [0.717, 1.165) is 45.3 Å². The quantitative estimate of drug-likeness (QED) is 0.759. The number of hydrogen-bond acceptors (Lipinski definition) is 4. The lowest BCUT2D eigenvalue weighted by atomic mass is 9.92. The molecule has 1 unspecified atom stereocenters. The fourth-order valence-electron chi connectivity index (χ4n) is 4.35. The van der Waals surface area contributed by atoms with Crippen LogP contribution in [-0.2, 0) is 0 Å². The second-order valence-electron chi connectivity index (χ2n) is 8.27. The van der Waals surface area contributed by atoms with Gasteiger partial charge in [0.1, 0.15) is 5.67 Å². The summed E-state index contributed by atoms with van der Waals surface area (Å²) >= 11 is 0. The Hall–Kier alpha value is -0.230. The molecule has 0 amide bonds. The summed E-state index contributed by atoms with van der Waals surface area (Å²) in [7, 11) is 4.33. The summed E-state index contributed by atoms with van der Waals surface area (Å²) < 4.78 is 15.0. The molecule has 3 heterocycles. The second kappa shape index (κ2) is 7.34. The van der Waals surface area contributed by atoms with E-state index in [2.05, 4.69) is 40.6 Å². The van der Waals surface area contributed by atoms with E-state index in [1.54, 1.807) is 0 Å². The van der Waals surface area contributed by atoms with Gasteiger partial charge < -0.3 is 9.80 Å². The van der Waals surface area contributed by atoms with Crippen LogP contribution >= 0.6 is 0 Å². The molecule has 5 heteroatoms. The van der Waals surface area contributed by atoms with Gasteiger partial charge in [-0.05, 0) is 53.2 Å². The summed E-state index contributed by atoms with van der Waals surface area (Å²) in [5.74, 6) is 0. The van der Waals surface area contributed by atoms with E-state index in [9.17, 15) is 4.39 Å². The summed E-state index contributed by atoms with van der Waals surface area (Å²) in [5.41, 5.74) is -0.949. The van der Waals surface area contributed by atoms with Gasteiger partial charge in [0.2, 0.25) is 0 Å². The Labute approximate surface area is 141 Å². The minimum atomic E-state index is -0.949. The predicted molar refractivity (Wildman–Crippen MR) is 93.7 cm³/mol.